The standard InChI is InChI=1S/C11H15N5O/c1-7-6-8(16-2-4-17-5-3-16)13-11-9(7)10(12)14-15-11/h6H,2-5H2,1H3,(H3,12,13,14,15). The summed E-state index contributed by atoms with van der Waals surface area (Å²) in [5, 5.41) is 7.80. The number of nitrogens with two attached hydrogens (primary N) is 1. The number of rotatable bonds is 1. The van der Waals surface area contributed by atoms with Crippen molar-refractivity contribution in [3.05, 3.63) is 11.6 Å². The van der Waals surface area contributed by atoms with Crippen LogP contribution in [0.4, 0.5) is 11.6 Å². The van der Waals surface area contributed by atoms with Gasteiger partial charge in [0.25, 0.3) is 0 Å². The first-order valence-corrected chi connectivity index (χ1v) is 5.69. The topological polar surface area (TPSA) is 80.1 Å². The van der Waals surface area contributed by atoms with Crippen molar-refractivity contribution in [2.45, 2.75) is 6.92 Å². The number of nitrogens with zero attached hydrogens (tertiary/aromatic N) is 3. The molecule has 6 heteroatoms. The number of ether oxygens (including phenoxy) is 1. The molecule has 3 rings (SSSR count). The van der Waals surface area contributed by atoms with Crippen molar-refractivity contribution in [1.82, 2.24) is 15.2 Å². The highest BCUT2D eigenvalue weighted by molar-refractivity contribution is 5.90. The highest BCUT2D eigenvalue weighted by Crippen LogP contribution is 2.25. The Morgan fingerprint density at radius 2 is 2.18 bits per heavy atom. The lowest BCUT2D eigenvalue weighted by molar-refractivity contribution is 0.122. The lowest BCUT2D eigenvalue weighted by atomic mass is 10.2. The molecule has 1 aliphatic heterocycles. The summed E-state index contributed by atoms with van der Waals surface area (Å²) in [6.07, 6.45) is 0. The van der Waals surface area contributed by atoms with Crippen LogP contribution in [0.25, 0.3) is 11.0 Å². The number of aromatic amines is 1. The molecule has 3 N–H and O–H groups in total. The summed E-state index contributed by atoms with van der Waals surface area (Å²) in [5.41, 5.74) is 7.60. The number of nitrogen functional groups attached to an aromatic ring is 1. The van der Waals surface area contributed by atoms with Gasteiger partial charge in [-0.05, 0) is 18.6 Å². The summed E-state index contributed by atoms with van der Waals surface area (Å²) in [5.74, 6) is 1.53. The Morgan fingerprint density at radius 3 is 2.94 bits per heavy atom. The number of hydrogen-bond donors (Lipinski definition) is 2. The Labute approximate surface area is 98.8 Å². The molecule has 0 atom stereocenters. The van der Waals surface area contributed by atoms with Gasteiger partial charge in [0.05, 0.1) is 18.6 Å². The molecule has 2 aromatic rings. The molecule has 0 unspecified atom stereocenters. The van der Waals surface area contributed by atoms with Crippen LogP contribution in [0.1, 0.15) is 5.56 Å². The van der Waals surface area contributed by atoms with Crippen LogP contribution in [-0.2, 0) is 4.74 Å². The van der Waals surface area contributed by atoms with E-state index in [0.717, 1.165) is 43.1 Å². The zero-order valence-corrected chi connectivity index (χ0v) is 9.73. The molecule has 3 heterocycles. The van der Waals surface area contributed by atoms with Gasteiger partial charge in [-0.1, -0.05) is 0 Å². The monoisotopic (exact) mass is 233 g/mol. The van der Waals surface area contributed by atoms with Gasteiger partial charge in [0.2, 0.25) is 0 Å². The Bertz CT molecular complexity index is 544. The van der Waals surface area contributed by atoms with Crippen LogP contribution in [0.5, 0.6) is 0 Å². The number of anilines is 2. The smallest absolute Gasteiger partial charge is 0.185 e. The average molecular weight is 233 g/mol. The highest BCUT2D eigenvalue weighted by atomic mass is 16.5. The van der Waals surface area contributed by atoms with E-state index in [1.807, 2.05) is 6.92 Å². The quantitative estimate of drug-likeness (QED) is 0.757. The van der Waals surface area contributed by atoms with Gasteiger partial charge < -0.3 is 15.4 Å². The van der Waals surface area contributed by atoms with Crippen LogP contribution in [0.3, 0.4) is 0 Å². The molecule has 0 saturated carbocycles. The van der Waals surface area contributed by atoms with E-state index >= 15 is 0 Å². The Balaban J connectivity index is 2.05. The molecule has 0 aliphatic carbocycles. The van der Waals surface area contributed by atoms with Gasteiger partial charge in [-0.3, -0.25) is 5.10 Å². The minimum Gasteiger partial charge on any atom is -0.384 e. The van der Waals surface area contributed by atoms with Crippen LogP contribution < -0.4 is 10.6 Å². The molecule has 6 nitrogen and oxygen atoms in total. The number of H-pyrrole nitrogens is 1. The fourth-order valence-corrected chi connectivity index (χ4v) is 2.18. The molecule has 1 saturated heterocycles. The van der Waals surface area contributed by atoms with Crippen molar-refractivity contribution in [3.8, 4) is 0 Å². The number of nitrogens with one attached hydrogen (secondary N) is 1. The molecule has 17 heavy (non-hydrogen) atoms. The Morgan fingerprint density at radius 1 is 1.41 bits per heavy atom. The largest absolute Gasteiger partial charge is 0.384 e. The van der Waals surface area contributed by atoms with E-state index < -0.39 is 0 Å². The van der Waals surface area contributed by atoms with Gasteiger partial charge in [0, 0.05) is 13.1 Å². The Kier molecular flexibility index (Phi) is 2.36. The summed E-state index contributed by atoms with van der Waals surface area (Å²) in [6.45, 7) is 5.28. The number of hydrogen-bond acceptors (Lipinski definition) is 5. The zero-order valence-electron chi connectivity index (χ0n) is 9.73. The van der Waals surface area contributed by atoms with Gasteiger partial charge in [-0.25, -0.2) is 4.98 Å². The van der Waals surface area contributed by atoms with Crippen LogP contribution in [0, 0.1) is 6.92 Å². The number of fused-ring (bicyclic) bond motifs is 1. The minimum absolute atomic E-state index is 0.582. The predicted molar refractivity (Wildman–Crippen MR) is 66.1 cm³/mol. The van der Waals surface area contributed by atoms with E-state index in [1.165, 1.54) is 0 Å². The second-order valence-electron chi connectivity index (χ2n) is 4.23. The molecule has 2 aromatic heterocycles. The first-order chi connectivity index (χ1) is 8.25. The third-order valence-corrected chi connectivity index (χ3v) is 3.07. The van der Waals surface area contributed by atoms with Crippen molar-refractivity contribution in [2.75, 3.05) is 36.9 Å². The van der Waals surface area contributed by atoms with Crippen LogP contribution in [-0.4, -0.2) is 41.5 Å². The van der Waals surface area contributed by atoms with Gasteiger partial charge in [0.15, 0.2) is 5.65 Å². The third-order valence-electron chi connectivity index (χ3n) is 3.07. The summed E-state index contributed by atoms with van der Waals surface area (Å²) in [4.78, 5) is 6.74. The molecular weight excluding hydrogens is 218 g/mol. The van der Waals surface area contributed by atoms with Gasteiger partial charge in [-0.15, -0.1) is 0 Å². The normalized spacial score (nSPS) is 16.6. The van der Waals surface area contributed by atoms with Crippen LogP contribution in [0.2, 0.25) is 0 Å². The van der Waals surface area contributed by atoms with Gasteiger partial charge >= 0.3 is 0 Å². The molecular formula is C11H15N5O. The fourth-order valence-electron chi connectivity index (χ4n) is 2.18. The van der Waals surface area contributed by atoms with E-state index in [1.54, 1.807) is 0 Å². The minimum atomic E-state index is 0.582. The first-order valence-electron chi connectivity index (χ1n) is 5.69. The van der Waals surface area contributed by atoms with Crippen molar-refractivity contribution in [1.29, 1.82) is 0 Å². The number of pyridine rings is 1. The highest BCUT2D eigenvalue weighted by Gasteiger charge is 2.15. The van der Waals surface area contributed by atoms with E-state index in [2.05, 4.69) is 26.1 Å². The molecule has 1 aliphatic rings. The predicted octanol–water partition coefficient (Wildman–Crippen LogP) is 0.685. The average Bonchev–Trinajstić information content (AvgIpc) is 2.73. The van der Waals surface area contributed by atoms with Gasteiger partial charge in [0.1, 0.15) is 11.6 Å². The molecule has 0 spiro atoms. The Hall–Kier alpha value is -1.82. The van der Waals surface area contributed by atoms with Crippen molar-refractivity contribution < 1.29 is 4.74 Å². The van der Waals surface area contributed by atoms with E-state index in [-0.39, 0.29) is 0 Å². The van der Waals surface area contributed by atoms with Crippen molar-refractivity contribution in [2.24, 2.45) is 0 Å². The van der Waals surface area contributed by atoms with Gasteiger partial charge in [-0.2, -0.15) is 5.10 Å². The van der Waals surface area contributed by atoms with Crippen molar-refractivity contribution in [3.63, 3.8) is 0 Å². The SMILES string of the molecule is Cc1cc(N2CCOCC2)nc2n[nH]c(N)c12. The van der Waals surface area contributed by atoms with E-state index in [4.69, 9.17) is 10.5 Å². The molecule has 90 valence electrons. The first kappa shape index (κ1) is 10.3. The van der Waals surface area contributed by atoms with Crippen molar-refractivity contribution >= 4 is 22.7 Å². The lowest BCUT2D eigenvalue weighted by Gasteiger charge is -2.27. The molecule has 0 bridgehead atoms. The zero-order chi connectivity index (χ0) is 11.8. The fraction of sp³-hybridized carbons (Fsp3) is 0.455. The maximum absolute atomic E-state index is 5.81. The number of aryl methyl sites for hydroxylation is 1. The second kappa shape index (κ2) is 3.89. The lowest BCUT2D eigenvalue weighted by Crippen LogP contribution is -2.36. The van der Waals surface area contributed by atoms with E-state index in [0.29, 0.717) is 11.5 Å². The van der Waals surface area contributed by atoms with E-state index in [9.17, 15) is 0 Å². The molecule has 1 fully saturated rings. The van der Waals surface area contributed by atoms with Crippen LogP contribution in [0.15, 0.2) is 6.07 Å². The molecule has 0 amide bonds. The maximum Gasteiger partial charge on any atom is 0.185 e. The molecule has 0 radical (unpaired) electrons. The van der Waals surface area contributed by atoms with Crippen LogP contribution >= 0.6 is 0 Å². The molecule has 0 aromatic carbocycles. The summed E-state index contributed by atoms with van der Waals surface area (Å²) >= 11 is 0. The maximum atomic E-state index is 5.81. The summed E-state index contributed by atoms with van der Waals surface area (Å²) in [6, 6.07) is 2.06. The summed E-state index contributed by atoms with van der Waals surface area (Å²) in [7, 11) is 0. The number of aromatic nitrogens is 3. The third kappa shape index (κ3) is 1.70. The number of morpholine rings is 1. The second-order valence-corrected chi connectivity index (χ2v) is 4.23. The summed E-state index contributed by atoms with van der Waals surface area (Å²) < 4.78 is 5.33.